The highest BCUT2D eigenvalue weighted by Crippen LogP contribution is 2.28. The molecule has 1 aliphatic carbocycles. The molecule has 0 atom stereocenters. The highest BCUT2D eigenvalue weighted by atomic mass is 16.5. The van der Waals surface area contributed by atoms with Gasteiger partial charge in [0, 0.05) is 32.8 Å². The zero-order valence-corrected chi connectivity index (χ0v) is 11.3. The number of rotatable bonds is 9. The van der Waals surface area contributed by atoms with Crippen molar-refractivity contribution in [3.63, 3.8) is 0 Å². The molecule has 0 radical (unpaired) electrons. The van der Waals surface area contributed by atoms with Gasteiger partial charge in [-0.1, -0.05) is 0 Å². The molecule has 17 heavy (non-hydrogen) atoms. The molecule has 0 aromatic rings. The summed E-state index contributed by atoms with van der Waals surface area (Å²) in [5.41, 5.74) is 0. The minimum atomic E-state index is 0.818. The van der Waals surface area contributed by atoms with Crippen LogP contribution in [0.1, 0.15) is 39.5 Å². The maximum absolute atomic E-state index is 5.30. The van der Waals surface area contributed by atoms with E-state index >= 15 is 0 Å². The van der Waals surface area contributed by atoms with Crippen molar-refractivity contribution >= 4 is 5.96 Å². The quantitative estimate of drug-likeness (QED) is 0.367. The van der Waals surface area contributed by atoms with Crippen LogP contribution in [0.2, 0.25) is 0 Å². The lowest BCUT2D eigenvalue weighted by Crippen LogP contribution is -2.38. The molecule has 0 bridgehead atoms. The van der Waals surface area contributed by atoms with Gasteiger partial charge in [-0.25, -0.2) is 0 Å². The fourth-order valence-corrected chi connectivity index (χ4v) is 1.54. The Kier molecular flexibility index (Phi) is 7.80. The predicted molar refractivity (Wildman–Crippen MR) is 72.4 cm³/mol. The zero-order chi connectivity index (χ0) is 12.3. The van der Waals surface area contributed by atoms with E-state index in [1.54, 1.807) is 0 Å². The Morgan fingerprint density at radius 1 is 1.24 bits per heavy atom. The fraction of sp³-hybridized carbons (Fsp3) is 0.923. The van der Waals surface area contributed by atoms with Crippen molar-refractivity contribution in [1.29, 1.82) is 0 Å². The Morgan fingerprint density at radius 2 is 2.06 bits per heavy atom. The minimum absolute atomic E-state index is 0.818. The molecule has 0 unspecified atom stereocenters. The van der Waals surface area contributed by atoms with Gasteiger partial charge in [0.25, 0.3) is 0 Å². The summed E-state index contributed by atoms with van der Waals surface area (Å²) >= 11 is 0. The van der Waals surface area contributed by atoms with Gasteiger partial charge in [0.2, 0.25) is 0 Å². The number of hydrogen-bond acceptors (Lipinski definition) is 2. The van der Waals surface area contributed by atoms with Crippen molar-refractivity contribution in [1.82, 2.24) is 10.6 Å². The number of nitrogens with one attached hydrogen (secondary N) is 2. The van der Waals surface area contributed by atoms with Crippen LogP contribution in [0.4, 0.5) is 0 Å². The number of nitrogens with zero attached hydrogens (tertiary/aromatic N) is 1. The van der Waals surface area contributed by atoms with Gasteiger partial charge in [-0.15, -0.1) is 0 Å². The summed E-state index contributed by atoms with van der Waals surface area (Å²) in [5, 5.41) is 6.64. The fourth-order valence-electron chi connectivity index (χ4n) is 1.54. The van der Waals surface area contributed by atoms with E-state index in [-0.39, 0.29) is 0 Å². The molecule has 0 aromatic carbocycles. The summed E-state index contributed by atoms with van der Waals surface area (Å²) in [6.07, 6.45) is 4.96. The summed E-state index contributed by atoms with van der Waals surface area (Å²) in [7, 11) is 0. The van der Waals surface area contributed by atoms with Gasteiger partial charge in [-0.2, -0.15) is 0 Å². The molecule has 4 heteroatoms. The van der Waals surface area contributed by atoms with Crippen molar-refractivity contribution in [2.45, 2.75) is 39.5 Å². The van der Waals surface area contributed by atoms with E-state index in [2.05, 4.69) is 22.5 Å². The van der Waals surface area contributed by atoms with E-state index in [0.29, 0.717) is 0 Å². The summed E-state index contributed by atoms with van der Waals surface area (Å²) in [4.78, 5) is 4.57. The number of unbranched alkanes of at least 4 members (excludes halogenated alkanes) is 1. The zero-order valence-electron chi connectivity index (χ0n) is 11.3. The highest BCUT2D eigenvalue weighted by molar-refractivity contribution is 5.79. The van der Waals surface area contributed by atoms with Gasteiger partial charge >= 0.3 is 0 Å². The summed E-state index contributed by atoms with van der Waals surface area (Å²) in [6, 6.07) is 0. The number of hydrogen-bond donors (Lipinski definition) is 2. The van der Waals surface area contributed by atoms with Gasteiger partial charge in [0.1, 0.15) is 0 Å². The van der Waals surface area contributed by atoms with Crippen LogP contribution in [0.25, 0.3) is 0 Å². The summed E-state index contributed by atoms with van der Waals surface area (Å²) < 4.78 is 5.30. The van der Waals surface area contributed by atoms with Crippen LogP contribution in [0.3, 0.4) is 0 Å². The Labute approximate surface area is 105 Å². The summed E-state index contributed by atoms with van der Waals surface area (Å²) in [6.45, 7) is 8.70. The molecule has 0 aliphatic heterocycles. The van der Waals surface area contributed by atoms with Gasteiger partial charge < -0.3 is 15.4 Å². The minimum Gasteiger partial charge on any atom is -0.382 e. The van der Waals surface area contributed by atoms with Gasteiger partial charge in [-0.3, -0.25) is 4.99 Å². The van der Waals surface area contributed by atoms with Gasteiger partial charge in [-0.05, 0) is 45.4 Å². The number of ether oxygens (including phenoxy) is 1. The van der Waals surface area contributed by atoms with Crippen LogP contribution >= 0.6 is 0 Å². The second kappa shape index (κ2) is 9.28. The van der Waals surface area contributed by atoms with Gasteiger partial charge in [0.05, 0.1) is 0 Å². The maximum atomic E-state index is 5.30. The molecule has 0 saturated heterocycles. The van der Waals surface area contributed by atoms with Crippen molar-refractivity contribution in [2.24, 2.45) is 10.9 Å². The SMILES string of the molecule is CCNC(=NCC1CC1)NCCCCOCC. The molecule has 0 amide bonds. The first-order chi connectivity index (χ1) is 8.36. The lowest BCUT2D eigenvalue weighted by atomic mass is 10.3. The Balaban J connectivity index is 2.04. The first kappa shape index (κ1) is 14.3. The first-order valence-electron chi connectivity index (χ1n) is 6.96. The molecule has 100 valence electrons. The summed E-state index contributed by atoms with van der Waals surface area (Å²) in [5.74, 6) is 1.82. The van der Waals surface area contributed by atoms with E-state index in [0.717, 1.165) is 57.6 Å². The van der Waals surface area contributed by atoms with Crippen LogP contribution < -0.4 is 10.6 Å². The Morgan fingerprint density at radius 3 is 2.71 bits per heavy atom. The van der Waals surface area contributed by atoms with Crippen LogP contribution in [-0.4, -0.2) is 38.8 Å². The van der Waals surface area contributed by atoms with Crippen molar-refractivity contribution in [2.75, 3.05) is 32.8 Å². The third-order valence-corrected chi connectivity index (χ3v) is 2.76. The maximum Gasteiger partial charge on any atom is 0.191 e. The molecule has 1 fully saturated rings. The molecular formula is C13H27N3O. The van der Waals surface area contributed by atoms with Crippen molar-refractivity contribution in [3.8, 4) is 0 Å². The third kappa shape index (κ3) is 8.02. The second-order valence-corrected chi connectivity index (χ2v) is 4.49. The van der Waals surface area contributed by atoms with Crippen LogP contribution in [0.15, 0.2) is 4.99 Å². The monoisotopic (exact) mass is 241 g/mol. The average Bonchev–Trinajstić information content (AvgIpc) is 3.14. The van der Waals surface area contributed by atoms with Gasteiger partial charge in [0.15, 0.2) is 5.96 Å². The largest absolute Gasteiger partial charge is 0.382 e. The normalized spacial score (nSPS) is 16.0. The van der Waals surface area contributed by atoms with E-state index in [4.69, 9.17) is 4.74 Å². The second-order valence-electron chi connectivity index (χ2n) is 4.49. The van der Waals surface area contributed by atoms with E-state index < -0.39 is 0 Å². The van der Waals surface area contributed by atoms with Crippen LogP contribution in [0, 0.1) is 5.92 Å². The van der Waals surface area contributed by atoms with Crippen LogP contribution in [-0.2, 0) is 4.74 Å². The lowest BCUT2D eigenvalue weighted by Gasteiger charge is -2.11. The van der Waals surface area contributed by atoms with E-state index in [1.807, 2.05) is 6.92 Å². The number of aliphatic imine (C=N–C) groups is 1. The molecule has 0 aromatic heterocycles. The van der Waals surface area contributed by atoms with Crippen molar-refractivity contribution in [3.05, 3.63) is 0 Å². The standard InChI is InChI=1S/C13H27N3O/c1-3-14-13(16-11-12-7-8-12)15-9-5-6-10-17-4-2/h12H,3-11H2,1-2H3,(H2,14,15,16). The lowest BCUT2D eigenvalue weighted by molar-refractivity contribution is 0.143. The van der Waals surface area contributed by atoms with Crippen molar-refractivity contribution < 1.29 is 4.74 Å². The number of guanidine groups is 1. The third-order valence-electron chi connectivity index (χ3n) is 2.76. The van der Waals surface area contributed by atoms with Crippen LogP contribution in [0.5, 0.6) is 0 Å². The topological polar surface area (TPSA) is 45.7 Å². The predicted octanol–water partition coefficient (Wildman–Crippen LogP) is 1.77. The first-order valence-corrected chi connectivity index (χ1v) is 6.96. The molecule has 0 heterocycles. The smallest absolute Gasteiger partial charge is 0.191 e. The molecule has 2 N–H and O–H groups in total. The molecule has 1 saturated carbocycles. The molecule has 1 rings (SSSR count). The molecule has 4 nitrogen and oxygen atoms in total. The molecule has 0 spiro atoms. The Hall–Kier alpha value is -0.770. The Bertz CT molecular complexity index is 215. The van der Waals surface area contributed by atoms with E-state index in [1.165, 1.54) is 12.8 Å². The average molecular weight is 241 g/mol. The highest BCUT2D eigenvalue weighted by Gasteiger charge is 2.20. The molecule has 1 aliphatic rings. The van der Waals surface area contributed by atoms with E-state index in [9.17, 15) is 0 Å². The molecular weight excluding hydrogens is 214 g/mol.